The van der Waals surface area contributed by atoms with Gasteiger partial charge in [-0.1, -0.05) is 30.3 Å². The van der Waals surface area contributed by atoms with Crippen LogP contribution < -0.4 is 5.32 Å². The Kier molecular flexibility index (Phi) is 4.29. The monoisotopic (exact) mass is 297 g/mol. The minimum Gasteiger partial charge on any atom is -0.350 e. The quantitative estimate of drug-likeness (QED) is 0.919. The fourth-order valence-electron chi connectivity index (χ4n) is 2.88. The van der Waals surface area contributed by atoms with Crippen molar-refractivity contribution in [1.82, 2.24) is 14.8 Å². The largest absolute Gasteiger partial charge is 0.350 e. The number of nitrogens with zero attached hydrogens (tertiary/aromatic N) is 2. The first kappa shape index (κ1) is 14.9. The summed E-state index contributed by atoms with van der Waals surface area (Å²) in [4.78, 5) is 14.6. The molecule has 0 aliphatic carbocycles. The summed E-state index contributed by atoms with van der Waals surface area (Å²) in [6.45, 7) is 4.51. The van der Waals surface area contributed by atoms with Gasteiger partial charge >= 0.3 is 0 Å². The maximum absolute atomic E-state index is 12.4. The summed E-state index contributed by atoms with van der Waals surface area (Å²) in [5, 5.41) is 3.07. The van der Waals surface area contributed by atoms with Crippen molar-refractivity contribution in [3.05, 3.63) is 59.4 Å². The van der Waals surface area contributed by atoms with E-state index in [1.165, 1.54) is 11.3 Å². The van der Waals surface area contributed by atoms with Crippen LogP contribution in [0, 0.1) is 6.92 Å². The fourth-order valence-corrected chi connectivity index (χ4v) is 2.88. The number of hydrogen-bond donors (Lipinski definition) is 1. The van der Waals surface area contributed by atoms with Gasteiger partial charge < -0.3 is 9.88 Å². The van der Waals surface area contributed by atoms with Gasteiger partial charge in [-0.3, -0.25) is 9.69 Å². The van der Waals surface area contributed by atoms with Crippen molar-refractivity contribution in [1.29, 1.82) is 0 Å². The first-order chi connectivity index (χ1) is 10.6. The molecule has 1 fully saturated rings. The number of rotatable bonds is 5. The second-order valence-corrected chi connectivity index (χ2v) is 6.00. The lowest BCUT2D eigenvalue weighted by Gasteiger charge is -2.39. The summed E-state index contributed by atoms with van der Waals surface area (Å²) in [7, 11) is 2.03. The number of benzene rings is 1. The smallest absolute Gasteiger partial charge is 0.237 e. The molecule has 1 atom stereocenters. The molecule has 0 spiro atoms. The van der Waals surface area contributed by atoms with E-state index < -0.39 is 0 Å². The van der Waals surface area contributed by atoms with E-state index in [4.69, 9.17) is 0 Å². The van der Waals surface area contributed by atoms with E-state index in [1.807, 2.05) is 25.2 Å². The first-order valence-electron chi connectivity index (χ1n) is 7.82. The Hall–Kier alpha value is -2.07. The van der Waals surface area contributed by atoms with Gasteiger partial charge in [0.1, 0.15) is 0 Å². The van der Waals surface area contributed by atoms with Gasteiger partial charge in [0.2, 0.25) is 5.91 Å². The lowest BCUT2D eigenvalue weighted by atomic mass is 10.0. The first-order valence-corrected chi connectivity index (χ1v) is 7.82. The van der Waals surface area contributed by atoms with Crippen molar-refractivity contribution in [3.63, 3.8) is 0 Å². The number of carbonyl (C=O) groups excluding carboxylic acids is 1. The van der Waals surface area contributed by atoms with Gasteiger partial charge in [-0.15, -0.1) is 0 Å². The maximum atomic E-state index is 12.4. The van der Waals surface area contributed by atoms with Gasteiger partial charge in [-0.05, 0) is 31.0 Å². The Morgan fingerprint density at radius 1 is 1.23 bits per heavy atom. The second kappa shape index (κ2) is 6.36. The van der Waals surface area contributed by atoms with Gasteiger partial charge in [0.15, 0.2) is 0 Å². The molecule has 0 unspecified atom stereocenters. The van der Waals surface area contributed by atoms with Crippen molar-refractivity contribution < 1.29 is 4.79 Å². The van der Waals surface area contributed by atoms with Crippen LogP contribution in [0.25, 0.3) is 0 Å². The van der Waals surface area contributed by atoms with E-state index in [0.717, 1.165) is 25.2 Å². The third kappa shape index (κ3) is 3.07. The molecule has 1 N–H and O–H groups in total. The van der Waals surface area contributed by atoms with E-state index in [1.54, 1.807) is 0 Å². The Morgan fingerprint density at radius 2 is 2.00 bits per heavy atom. The minimum atomic E-state index is 0.0153. The summed E-state index contributed by atoms with van der Waals surface area (Å²) in [6, 6.07) is 14.5. The highest BCUT2D eigenvalue weighted by Crippen LogP contribution is 2.20. The molecule has 1 aliphatic heterocycles. The molecule has 0 bridgehead atoms. The van der Waals surface area contributed by atoms with E-state index in [0.29, 0.717) is 6.54 Å². The Balaban J connectivity index is 1.53. The van der Waals surface area contributed by atoms with Gasteiger partial charge in [-0.2, -0.15) is 0 Å². The summed E-state index contributed by atoms with van der Waals surface area (Å²) in [6.07, 6.45) is 0.949. The fraction of sp³-hybridized carbons (Fsp3) is 0.389. The van der Waals surface area contributed by atoms with Crippen LogP contribution in [0.3, 0.4) is 0 Å². The predicted molar refractivity (Wildman–Crippen MR) is 87.3 cm³/mol. The van der Waals surface area contributed by atoms with Crippen LogP contribution >= 0.6 is 0 Å². The molecule has 2 heterocycles. The summed E-state index contributed by atoms with van der Waals surface area (Å²) >= 11 is 0. The standard InChI is InChI=1S/C18H23N3O/c1-14-8-9-16(20(14)2)12-19-18(22)17-10-11-21(17)13-15-6-4-3-5-7-15/h3-9,17H,10-13H2,1-2H3,(H,19,22)/t17-/m0/s1. The van der Waals surface area contributed by atoms with Crippen LogP contribution in [0.5, 0.6) is 0 Å². The molecular formula is C18H23N3O. The zero-order chi connectivity index (χ0) is 15.5. The number of likely N-dealkylation sites (tertiary alicyclic amines) is 1. The third-order valence-corrected chi connectivity index (χ3v) is 4.58. The van der Waals surface area contributed by atoms with E-state index in [2.05, 4.69) is 46.0 Å². The highest BCUT2D eigenvalue weighted by molar-refractivity contribution is 5.82. The molecule has 1 aliphatic rings. The molecule has 0 radical (unpaired) electrons. The van der Waals surface area contributed by atoms with Gasteiger partial charge in [-0.25, -0.2) is 0 Å². The molecule has 22 heavy (non-hydrogen) atoms. The van der Waals surface area contributed by atoms with Gasteiger partial charge in [0.25, 0.3) is 0 Å². The topological polar surface area (TPSA) is 37.3 Å². The van der Waals surface area contributed by atoms with Crippen molar-refractivity contribution in [3.8, 4) is 0 Å². The molecule has 1 saturated heterocycles. The molecule has 4 heteroatoms. The summed E-state index contributed by atoms with van der Waals surface area (Å²) in [5.74, 6) is 0.140. The molecular weight excluding hydrogens is 274 g/mol. The number of carbonyl (C=O) groups is 1. The molecule has 2 aromatic rings. The Bertz CT molecular complexity index is 648. The highest BCUT2D eigenvalue weighted by atomic mass is 16.2. The van der Waals surface area contributed by atoms with E-state index in [9.17, 15) is 4.79 Å². The maximum Gasteiger partial charge on any atom is 0.237 e. The second-order valence-electron chi connectivity index (χ2n) is 6.00. The number of nitrogens with one attached hydrogen (secondary N) is 1. The molecule has 4 nitrogen and oxygen atoms in total. The average Bonchev–Trinajstić information content (AvgIpc) is 2.82. The van der Waals surface area contributed by atoms with Crippen LogP contribution in [0.4, 0.5) is 0 Å². The molecule has 0 saturated carbocycles. The van der Waals surface area contributed by atoms with Crippen LogP contribution in [0.15, 0.2) is 42.5 Å². The SMILES string of the molecule is Cc1ccc(CNC(=O)[C@@H]2CCN2Cc2ccccc2)n1C. The van der Waals surface area contributed by atoms with E-state index in [-0.39, 0.29) is 11.9 Å². The zero-order valence-electron chi connectivity index (χ0n) is 13.2. The Labute approximate surface area is 131 Å². The van der Waals surface area contributed by atoms with Crippen LogP contribution in [-0.4, -0.2) is 28.0 Å². The van der Waals surface area contributed by atoms with Crippen molar-refractivity contribution in [2.24, 2.45) is 7.05 Å². The van der Waals surface area contributed by atoms with E-state index >= 15 is 0 Å². The predicted octanol–water partition coefficient (Wildman–Crippen LogP) is 2.22. The molecule has 1 amide bonds. The van der Waals surface area contributed by atoms with Gasteiger partial charge in [0, 0.05) is 31.5 Å². The van der Waals surface area contributed by atoms with Gasteiger partial charge in [0.05, 0.1) is 12.6 Å². The summed E-state index contributed by atoms with van der Waals surface area (Å²) < 4.78 is 2.11. The molecule has 3 rings (SSSR count). The van der Waals surface area contributed by atoms with Crippen LogP contribution in [0.2, 0.25) is 0 Å². The normalized spacial score (nSPS) is 18.0. The Morgan fingerprint density at radius 3 is 2.59 bits per heavy atom. The molecule has 1 aromatic heterocycles. The zero-order valence-corrected chi connectivity index (χ0v) is 13.2. The van der Waals surface area contributed by atoms with Crippen LogP contribution in [0.1, 0.15) is 23.4 Å². The number of aromatic nitrogens is 1. The van der Waals surface area contributed by atoms with Crippen molar-refractivity contribution >= 4 is 5.91 Å². The lowest BCUT2D eigenvalue weighted by Crippen LogP contribution is -2.55. The number of amides is 1. The lowest BCUT2D eigenvalue weighted by molar-refractivity contribution is -0.131. The summed E-state index contributed by atoms with van der Waals surface area (Å²) in [5.41, 5.74) is 3.61. The number of aryl methyl sites for hydroxylation is 1. The van der Waals surface area contributed by atoms with Crippen LogP contribution in [-0.2, 0) is 24.9 Å². The third-order valence-electron chi connectivity index (χ3n) is 4.58. The average molecular weight is 297 g/mol. The highest BCUT2D eigenvalue weighted by Gasteiger charge is 2.33. The molecule has 1 aromatic carbocycles. The van der Waals surface area contributed by atoms with Crippen molar-refractivity contribution in [2.45, 2.75) is 32.5 Å². The molecule has 116 valence electrons. The number of hydrogen-bond acceptors (Lipinski definition) is 2. The van der Waals surface area contributed by atoms with Crippen molar-refractivity contribution in [2.75, 3.05) is 6.54 Å². The minimum absolute atomic E-state index is 0.0153.